The Morgan fingerprint density at radius 2 is 2.00 bits per heavy atom. The van der Waals surface area contributed by atoms with Gasteiger partial charge in [-0.3, -0.25) is 0 Å². The van der Waals surface area contributed by atoms with E-state index >= 15 is 0 Å². The summed E-state index contributed by atoms with van der Waals surface area (Å²) in [6, 6.07) is 11.0. The molecule has 1 N–H and O–H groups in total. The minimum Gasteiger partial charge on any atom is -0.306 e. The summed E-state index contributed by atoms with van der Waals surface area (Å²) in [7, 11) is 0. The molecule has 3 heteroatoms. The van der Waals surface area contributed by atoms with Crippen molar-refractivity contribution in [3.05, 3.63) is 56.2 Å². The molecule has 2 aromatic rings. The average molecular weight is 294 g/mol. The summed E-state index contributed by atoms with van der Waals surface area (Å²) >= 11 is 8.11. The molecule has 2 rings (SSSR count). The molecule has 0 saturated carbocycles. The third kappa shape index (κ3) is 3.59. The lowest BCUT2D eigenvalue weighted by Gasteiger charge is -2.18. The van der Waals surface area contributed by atoms with Gasteiger partial charge < -0.3 is 5.32 Å². The van der Waals surface area contributed by atoms with Gasteiger partial charge in [0.05, 0.1) is 6.04 Å². The van der Waals surface area contributed by atoms with E-state index in [9.17, 15) is 0 Å². The summed E-state index contributed by atoms with van der Waals surface area (Å²) in [4.78, 5) is 2.70. The Morgan fingerprint density at radius 3 is 2.58 bits per heavy atom. The molecule has 1 nitrogen and oxygen atoms in total. The standard InChI is InChI=1S/C16H20ClNS/c1-4-9-18-16(15-8-6-12(3)19-15)13-7-5-11(2)14(17)10-13/h5-8,10,16,18H,4,9H2,1-3H3. The van der Waals surface area contributed by atoms with Crippen molar-refractivity contribution >= 4 is 22.9 Å². The summed E-state index contributed by atoms with van der Waals surface area (Å²) < 4.78 is 0. The van der Waals surface area contributed by atoms with Gasteiger partial charge in [-0.2, -0.15) is 0 Å². The van der Waals surface area contributed by atoms with Crippen LogP contribution in [0.1, 0.15) is 40.3 Å². The van der Waals surface area contributed by atoms with Crippen LogP contribution in [0.25, 0.3) is 0 Å². The summed E-state index contributed by atoms with van der Waals surface area (Å²) in [6.45, 7) is 7.38. The van der Waals surface area contributed by atoms with Crippen molar-refractivity contribution in [2.24, 2.45) is 0 Å². The zero-order valence-corrected chi connectivity index (χ0v) is 13.2. The summed E-state index contributed by atoms with van der Waals surface area (Å²) in [5.74, 6) is 0. The summed E-state index contributed by atoms with van der Waals surface area (Å²) in [5, 5.41) is 4.46. The lowest BCUT2D eigenvalue weighted by atomic mass is 10.0. The predicted octanol–water partition coefficient (Wildman–Crippen LogP) is 5.11. The Bertz CT molecular complexity index is 547. The van der Waals surface area contributed by atoms with E-state index < -0.39 is 0 Å². The van der Waals surface area contributed by atoms with Gasteiger partial charge in [0.25, 0.3) is 0 Å². The fraction of sp³-hybridized carbons (Fsp3) is 0.375. The lowest BCUT2D eigenvalue weighted by Crippen LogP contribution is -2.22. The normalized spacial score (nSPS) is 12.6. The number of thiophene rings is 1. The molecule has 0 saturated heterocycles. The van der Waals surface area contributed by atoms with E-state index in [4.69, 9.17) is 11.6 Å². The van der Waals surface area contributed by atoms with Crippen molar-refractivity contribution < 1.29 is 0 Å². The fourth-order valence-electron chi connectivity index (χ4n) is 2.07. The van der Waals surface area contributed by atoms with Crippen LogP contribution in [0.3, 0.4) is 0 Å². The van der Waals surface area contributed by atoms with Crippen LogP contribution in [0.15, 0.2) is 30.3 Å². The highest BCUT2D eigenvalue weighted by molar-refractivity contribution is 7.12. The third-order valence-electron chi connectivity index (χ3n) is 3.17. The van der Waals surface area contributed by atoms with E-state index in [0.29, 0.717) is 0 Å². The van der Waals surface area contributed by atoms with Crippen molar-refractivity contribution in [3.8, 4) is 0 Å². The van der Waals surface area contributed by atoms with Crippen LogP contribution in [0, 0.1) is 13.8 Å². The minimum absolute atomic E-state index is 0.247. The number of benzene rings is 1. The SMILES string of the molecule is CCCNC(c1ccc(C)c(Cl)c1)c1ccc(C)s1. The second kappa shape index (κ2) is 6.56. The first kappa shape index (κ1) is 14.6. The number of halogens is 1. The first-order chi connectivity index (χ1) is 9.11. The molecule has 1 aromatic heterocycles. The zero-order chi connectivity index (χ0) is 13.8. The first-order valence-electron chi connectivity index (χ1n) is 6.67. The van der Waals surface area contributed by atoms with Crippen LogP contribution in [0.5, 0.6) is 0 Å². The molecule has 19 heavy (non-hydrogen) atoms. The molecular formula is C16H20ClNS. The summed E-state index contributed by atoms with van der Waals surface area (Å²) in [6.07, 6.45) is 1.13. The Balaban J connectivity index is 2.33. The largest absolute Gasteiger partial charge is 0.306 e. The molecule has 0 aliphatic carbocycles. The van der Waals surface area contributed by atoms with E-state index in [2.05, 4.69) is 49.5 Å². The molecule has 0 bridgehead atoms. The van der Waals surface area contributed by atoms with Gasteiger partial charge in [0.2, 0.25) is 0 Å². The molecule has 0 spiro atoms. The minimum atomic E-state index is 0.247. The van der Waals surface area contributed by atoms with Gasteiger partial charge in [-0.1, -0.05) is 30.7 Å². The van der Waals surface area contributed by atoms with Crippen molar-refractivity contribution in [3.63, 3.8) is 0 Å². The number of hydrogen-bond donors (Lipinski definition) is 1. The van der Waals surface area contributed by atoms with E-state index in [1.807, 2.05) is 18.3 Å². The van der Waals surface area contributed by atoms with Crippen molar-refractivity contribution in [1.29, 1.82) is 0 Å². The first-order valence-corrected chi connectivity index (χ1v) is 7.87. The topological polar surface area (TPSA) is 12.0 Å². The third-order valence-corrected chi connectivity index (χ3v) is 4.65. The second-order valence-corrected chi connectivity index (χ2v) is 6.57. The number of aryl methyl sites for hydroxylation is 2. The number of rotatable bonds is 5. The number of hydrogen-bond acceptors (Lipinski definition) is 2. The second-order valence-electron chi connectivity index (χ2n) is 4.84. The Morgan fingerprint density at radius 1 is 1.21 bits per heavy atom. The lowest BCUT2D eigenvalue weighted by molar-refractivity contribution is 0.606. The maximum atomic E-state index is 6.26. The van der Waals surface area contributed by atoms with Crippen LogP contribution < -0.4 is 5.32 Å². The van der Waals surface area contributed by atoms with Gasteiger partial charge in [-0.15, -0.1) is 11.3 Å². The quantitative estimate of drug-likeness (QED) is 0.808. The zero-order valence-electron chi connectivity index (χ0n) is 11.7. The van der Waals surface area contributed by atoms with Crippen LogP contribution in [-0.4, -0.2) is 6.54 Å². The molecule has 0 aliphatic rings. The Labute approximate surface area is 124 Å². The van der Waals surface area contributed by atoms with Gasteiger partial charge in [0.1, 0.15) is 0 Å². The van der Waals surface area contributed by atoms with E-state index in [0.717, 1.165) is 23.6 Å². The Kier molecular flexibility index (Phi) is 5.03. The average Bonchev–Trinajstić information content (AvgIpc) is 2.80. The van der Waals surface area contributed by atoms with Crippen LogP contribution in [0.2, 0.25) is 5.02 Å². The van der Waals surface area contributed by atoms with Gasteiger partial charge in [-0.25, -0.2) is 0 Å². The fourth-order valence-corrected chi connectivity index (χ4v) is 3.24. The molecule has 0 aliphatic heterocycles. The maximum Gasteiger partial charge on any atom is 0.0671 e. The van der Waals surface area contributed by atoms with Crippen molar-refractivity contribution in [1.82, 2.24) is 5.32 Å². The molecule has 1 aromatic carbocycles. The highest BCUT2D eigenvalue weighted by Gasteiger charge is 2.15. The van der Waals surface area contributed by atoms with Crippen LogP contribution in [0.4, 0.5) is 0 Å². The van der Waals surface area contributed by atoms with Gasteiger partial charge in [0.15, 0.2) is 0 Å². The van der Waals surface area contributed by atoms with Crippen molar-refractivity contribution in [2.75, 3.05) is 6.54 Å². The molecule has 1 unspecified atom stereocenters. The summed E-state index contributed by atoms with van der Waals surface area (Å²) in [5.41, 5.74) is 2.37. The van der Waals surface area contributed by atoms with E-state index in [1.165, 1.54) is 15.3 Å². The Hall–Kier alpha value is -0.830. The molecular weight excluding hydrogens is 274 g/mol. The monoisotopic (exact) mass is 293 g/mol. The van der Waals surface area contributed by atoms with Crippen molar-refractivity contribution in [2.45, 2.75) is 33.2 Å². The highest BCUT2D eigenvalue weighted by atomic mass is 35.5. The van der Waals surface area contributed by atoms with Gasteiger partial charge >= 0.3 is 0 Å². The predicted molar refractivity (Wildman–Crippen MR) is 85.4 cm³/mol. The van der Waals surface area contributed by atoms with Gasteiger partial charge in [0, 0.05) is 14.8 Å². The van der Waals surface area contributed by atoms with Gasteiger partial charge in [-0.05, 0) is 56.1 Å². The molecule has 1 atom stereocenters. The highest BCUT2D eigenvalue weighted by Crippen LogP contribution is 2.30. The molecule has 1 heterocycles. The molecule has 0 amide bonds. The van der Waals surface area contributed by atoms with Crippen LogP contribution in [-0.2, 0) is 0 Å². The van der Waals surface area contributed by atoms with Crippen LogP contribution >= 0.6 is 22.9 Å². The van der Waals surface area contributed by atoms with E-state index in [1.54, 1.807) is 0 Å². The molecule has 0 fully saturated rings. The number of nitrogens with one attached hydrogen (secondary N) is 1. The maximum absolute atomic E-state index is 6.26. The molecule has 0 radical (unpaired) electrons. The molecule has 102 valence electrons. The smallest absolute Gasteiger partial charge is 0.0671 e. The van der Waals surface area contributed by atoms with E-state index in [-0.39, 0.29) is 6.04 Å².